The van der Waals surface area contributed by atoms with Crippen molar-refractivity contribution in [2.24, 2.45) is 0 Å². The molecule has 1 unspecified atom stereocenters. The molecule has 0 saturated carbocycles. The van der Waals surface area contributed by atoms with Crippen LogP contribution in [-0.4, -0.2) is 0 Å². The number of benzene rings is 2. The zero-order chi connectivity index (χ0) is 13.1. The van der Waals surface area contributed by atoms with E-state index >= 15 is 0 Å². The molecule has 1 aliphatic rings. The molecule has 2 heteroatoms. The molecule has 1 atom stereocenters. The van der Waals surface area contributed by atoms with Crippen LogP contribution in [-0.2, 0) is 0 Å². The van der Waals surface area contributed by atoms with Crippen LogP contribution in [0.15, 0.2) is 77.8 Å². The van der Waals surface area contributed by atoms with Crippen LogP contribution in [0.4, 0.5) is 0 Å². The van der Waals surface area contributed by atoms with Crippen molar-refractivity contribution in [3.63, 3.8) is 0 Å². The van der Waals surface area contributed by atoms with Crippen LogP contribution in [0, 0.1) is 0 Å². The average Bonchev–Trinajstić information content (AvgIpc) is 2.48. The van der Waals surface area contributed by atoms with Gasteiger partial charge in [0.15, 0.2) is 0 Å². The number of hydrogen-bond acceptors (Lipinski definition) is 1. The largest absolute Gasteiger partial charge is 0.374 e. The first-order valence-corrected chi connectivity index (χ1v) is 6.67. The molecule has 19 heavy (non-hydrogen) atoms. The predicted octanol–water partition coefficient (Wildman–Crippen LogP) is 4.49. The SMILES string of the molecule is ClC1=CC(c2ccccc2)NC(c2ccccc2)=C1. The van der Waals surface area contributed by atoms with E-state index in [0.717, 1.165) is 16.3 Å². The highest BCUT2D eigenvalue weighted by molar-refractivity contribution is 6.31. The molecule has 1 N–H and O–H groups in total. The van der Waals surface area contributed by atoms with E-state index in [9.17, 15) is 0 Å². The Morgan fingerprint density at radius 2 is 1.47 bits per heavy atom. The van der Waals surface area contributed by atoms with Crippen molar-refractivity contribution in [2.75, 3.05) is 0 Å². The van der Waals surface area contributed by atoms with Crippen LogP contribution >= 0.6 is 11.6 Å². The second-order valence-corrected chi connectivity index (χ2v) is 4.94. The third-order valence-corrected chi connectivity index (χ3v) is 3.40. The van der Waals surface area contributed by atoms with Crippen LogP contribution < -0.4 is 5.32 Å². The molecule has 0 radical (unpaired) electrons. The Kier molecular flexibility index (Phi) is 3.39. The summed E-state index contributed by atoms with van der Waals surface area (Å²) in [7, 11) is 0. The summed E-state index contributed by atoms with van der Waals surface area (Å²) in [5.41, 5.74) is 3.42. The van der Waals surface area contributed by atoms with E-state index in [-0.39, 0.29) is 6.04 Å². The highest BCUT2D eigenvalue weighted by Gasteiger charge is 2.15. The lowest BCUT2D eigenvalue weighted by Crippen LogP contribution is -2.21. The van der Waals surface area contributed by atoms with Gasteiger partial charge in [0.2, 0.25) is 0 Å². The van der Waals surface area contributed by atoms with Crippen molar-refractivity contribution in [2.45, 2.75) is 6.04 Å². The lowest BCUT2D eigenvalue weighted by atomic mass is 10.0. The Bertz CT molecular complexity index is 614. The Labute approximate surface area is 118 Å². The number of halogens is 1. The summed E-state index contributed by atoms with van der Waals surface area (Å²) in [4.78, 5) is 0. The summed E-state index contributed by atoms with van der Waals surface area (Å²) in [6.45, 7) is 0. The molecule has 0 bridgehead atoms. The normalized spacial score (nSPS) is 18.3. The third kappa shape index (κ3) is 2.72. The zero-order valence-electron chi connectivity index (χ0n) is 10.4. The van der Waals surface area contributed by atoms with Crippen molar-refractivity contribution < 1.29 is 0 Å². The predicted molar refractivity (Wildman–Crippen MR) is 80.7 cm³/mol. The van der Waals surface area contributed by atoms with Gasteiger partial charge in [0.25, 0.3) is 0 Å². The van der Waals surface area contributed by atoms with Crippen molar-refractivity contribution in [3.05, 3.63) is 89.0 Å². The van der Waals surface area contributed by atoms with E-state index in [2.05, 4.69) is 29.6 Å². The highest BCUT2D eigenvalue weighted by atomic mass is 35.5. The second kappa shape index (κ2) is 5.33. The summed E-state index contributed by atoms with van der Waals surface area (Å²) >= 11 is 6.25. The molecule has 1 nitrogen and oxygen atoms in total. The molecule has 0 spiro atoms. The van der Waals surface area contributed by atoms with Crippen LogP contribution in [0.25, 0.3) is 5.70 Å². The highest BCUT2D eigenvalue weighted by Crippen LogP contribution is 2.28. The first-order chi connectivity index (χ1) is 9.33. The molecule has 2 aromatic carbocycles. The third-order valence-electron chi connectivity index (χ3n) is 3.16. The minimum atomic E-state index is 0.119. The quantitative estimate of drug-likeness (QED) is 0.845. The van der Waals surface area contributed by atoms with Crippen molar-refractivity contribution in [1.82, 2.24) is 5.32 Å². The van der Waals surface area contributed by atoms with E-state index < -0.39 is 0 Å². The van der Waals surface area contributed by atoms with Crippen molar-refractivity contribution in [3.8, 4) is 0 Å². The van der Waals surface area contributed by atoms with Gasteiger partial charge in [0.1, 0.15) is 0 Å². The maximum atomic E-state index is 6.25. The minimum Gasteiger partial charge on any atom is -0.374 e. The monoisotopic (exact) mass is 267 g/mol. The summed E-state index contributed by atoms with van der Waals surface area (Å²) in [6, 6.07) is 20.7. The molecule has 0 amide bonds. The summed E-state index contributed by atoms with van der Waals surface area (Å²) in [6.07, 6.45) is 4.00. The molecular weight excluding hydrogens is 254 g/mol. The van der Waals surface area contributed by atoms with E-state index in [1.165, 1.54) is 5.56 Å². The number of hydrogen-bond donors (Lipinski definition) is 1. The van der Waals surface area contributed by atoms with Crippen LogP contribution in [0.2, 0.25) is 0 Å². The first-order valence-electron chi connectivity index (χ1n) is 6.29. The van der Waals surface area contributed by atoms with Crippen molar-refractivity contribution >= 4 is 17.3 Å². The van der Waals surface area contributed by atoms with Gasteiger partial charge in [-0.3, -0.25) is 0 Å². The molecule has 94 valence electrons. The topological polar surface area (TPSA) is 12.0 Å². The van der Waals surface area contributed by atoms with E-state index in [1.54, 1.807) is 0 Å². The average molecular weight is 268 g/mol. The Morgan fingerprint density at radius 3 is 2.16 bits per heavy atom. The van der Waals surface area contributed by atoms with E-state index in [0.29, 0.717) is 0 Å². The molecule has 0 saturated heterocycles. The molecule has 1 aliphatic heterocycles. The molecule has 3 rings (SSSR count). The Morgan fingerprint density at radius 1 is 0.842 bits per heavy atom. The number of dihydropyridines is 1. The molecule has 2 aromatic rings. The molecule has 0 fully saturated rings. The molecule has 1 heterocycles. The number of rotatable bonds is 2. The van der Waals surface area contributed by atoms with Gasteiger partial charge in [-0.25, -0.2) is 0 Å². The summed E-state index contributed by atoms with van der Waals surface area (Å²) < 4.78 is 0. The zero-order valence-corrected chi connectivity index (χ0v) is 11.1. The fourth-order valence-electron chi connectivity index (χ4n) is 2.22. The number of nitrogens with one attached hydrogen (secondary N) is 1. The van der Waals surface area contributed by atoms with Crippen LogP contribution in [0.5, 0.6) is 0 Å². The minimum absolute atomic E-state index is 0.119. The van der Waals surface area contributed by atoms with Gasteiger partial charge in [0, 0.05) is 10.7 Å². The molecule has 0 aliphatic carbocycles. The smallest absolute Gasteiger partial charge is 0.0715 e. The molecule has 0 aromatic heterocycles. The lowest BCUT2D eigenvalue weighted by Gasteiger charge is -2.23. The van der Waals surface area contributed by atoms with Gasteiger partial charge >= 0.3 is 0 Å². The van der Waals surface area contributed by atoms with E-state index in [4.69, 9.17) is 11.6 Å². The van der Waals surface area contributed by atoms with Gasteiger partial charge in [-0.05, 0) is 23.3 Å². The lowest BCUT2D eigenvalue weighted by molar-refractivity contribution is 0.762. The van der Waals surface area contributed by atoms with Gasteiger partial charge in [0.05, 0.1) is 6.04 Å². The maximum Gasteiger partial charge on any atom is 0.0715 e. The van der Waals surface area contributed by atoms with Gasteiger partial charge < -0.3 is 5.32 Å². The van der Waals surface area contributed by atoms with Gasteiger partial charge in [-0.1, -0.05) is 72.3 Å². The van der Waals surface area contributed by atoms with Crippen molar-refractivity contribution in [1.29, 1.82) is 0 Å². The number of allylic oxidation sites excluding steroid dienone is 2. The Balaban J connectivity index is 1.92. The standard InChI is InChI=1S/C17H14ClN/c18-15-11-16(13-7-3-1-4-8-13)19-17(12-15)14-9-5-2-6-10-14/h1-12,16,19H. The second-order valence-electron chi connectivity index (χ2n) is 4.51. The maximum absolute atomic E-state index is 6.25. The molecular formula is C17H14ClN. The van der Waals surface area contributed by atoms with Crippen LogP contribution in [0.1, 0.15) is 17.2 Å². The fraction of sp³-hybridized carbons (Fsp3) is 0.0588. The van der Waals surface area contributed by atoms with E-state index in [1.807, 2.05) is 48.6 Å². The Hall–Kier alpha value is -1.99. The first kappa shape index (κ1) is 12.1. The summed E-state index contributed by atoms with van der Waals surface area (Å²) in [5, 5.41) is 4.29. The summed E-state index contributed by atoms with van der Waals surface area (Å²) in [5.74, 6) is 0. The van der Waals surface area contributed by atoms with Crippen LogP contribution in [0.3, 0.4) is 0 Å². The van der Waals surface area contributed by atoms with Gasteiger partial charge in [-0.2, -0.15) is 0 Å². The van der Waals surface area contributed by atoms with Gasteiger partial charge in [-0.15, -0.1) is 0 Å². The fourth-order valence-corrected chi connectivity index (χ4v) is 2.46.